The van der Waals surface area contributed by atoms with Gasteiger partial charge in [0.15, 0.2) is 23.2 Å². The number of sulfonamides is 1. The summed E-state index contributed by atoms with van der Waals surface area (Å²) in [5, 5.41) is 23.3. The molecule has 0 spiro atoms. The Morgan fingerprint density at radius 1 is 1.07 bits per heavy atom. The number of imidazole rings is 1. The van der Waals surface area contributed by atoms with E-state index in [0.717, 1.165) is 41.6 Å². The van der Waals surface area contributed by atoms with E-state index < -0.39 is 34.6 Å². The molecule has 0 aliphatic carbocycles. The Labute approximate surface area is 249 Å². The number of quaternary nitrogens is 1. The number of hydrogen-bond acceptors (Lipinski definition) is 11. The molecule has 4 aromatic rings. The lowest BCUT2D eigenvalue weighted by Gasteiger charge is -2.24. The van der Waals surface area contributed by atoms with Crippen molar-refractivity contribution in [1.29, 1.82) is 0 Å². The third kappa shape index (κ3) is 5.47. The van der Waals surface area contributed by atoms with Crippen LogP contribution in [0.4, 0.5) is 17.5 Å². The van der Waals surface area contributed by atoms with Gasteiger partial charge in [-0.15, -0.1) is 0 Å². The molecule has 0 radical (unpaired) electrons. The van der Waals surface area contributed by atoms with Crippen molar-refractivity contribution >= 4 is 49.4 Å². The van der Waals surface area contributed by atoms with E-state index in [4.69, 9.17) is 16.2 Å². The minimum atomic E-state index is -3.70. The van der Waals surface area contributed by atoms with Gasteiger partial charge in [-0.2, -0.15) is 0 Å². The van der Waals surface area contributed by atoms with Crippen molar-refractivity contribution < 1.29 is 27.9 Å². The van der Waals surface area contributed by atoms with Gasteiger partial charge in [-0.05, 0) is 25.0 Å². The molecular formula is C28H38N9O5S+. The van der Waals surface area contributed by atoms with Gasteiger partial charge in [-0.1, -0.05) is 24.3 Å². The van der Waals surface area contributed by atoms with Crippen LogP contribution in [0.25, 0.3) is 21.9 Å². The van der Waals surface area contributed by atoms with E-state index in [-0.39, 0.29) is 16.7 Å². The molecule has 2 aliphatic heterocycles. The fourth-order valence-corrected chi connectivity index (χ4v) is 7.35. The zero-order chi connectivity index (χ0) is 30.5. The third-order valence-electron chi connectivity index (χ3n) is 8.53. The lowest BCUT2D eigenvalue weighted by Crippen LogP contribution is -2.42. The molecule has 6 rings (SSSR count). The van der Waals surface area contributed by atoms with Crippen molar-refractivity contribution in [2.75, 3.05) is 63.2 Å². The predicted octanol–water partition coefficient (Wildman–Crippen LogP) is 0.418. The quantitative estimate of drug-likeness (QED) is 0.0895. The van der Waals surface area contributed by atoms with Gasteiger partial charge in [0, 0.05) is 37.1 Å². The molecule has 2 aromatic carbocycles. The topological polar surface area (TPSA) is 195 Å². The minimum absolute atomic E-state index is 0.0545. The van der Waals surface area contributed by atoms with E-state index in [1.165, 1.54) is 10.9 Å². The van der Waals surface area contributed by atoms with Crippen LogP contribution in [0.3, 0.4) is 0 Å². The molecule has 2 saturated heterocycles. The highest BCUT2D eigenvalue weighted by molar-refractivity contribution is 7.89. The van der Waals surface area contributed by atoms with Gasteiger partial charge < -0.3 is 35.8 Å². The first kappa shape index (κ1) is 29.5. The molecule has 230 valence electrons. The zero-order valence-electron chi connectivity index (χ0n) is 24.2. The summed E-state index contributed by atoms with van der Waals surface area (Å²) >= 11 is 0. The van der Waals surface area contributed by atoms with Crippen molar-refractivity contribution in [3.8, 4) is 0 Å². The summed E-state index contributed by atoms with van der Waals surface area (Å²) in [5.74, 6) is 0.213. The van der Waals surface area contributed by atoms with Crippen LogP contribution in [0.5, 0.6) is 0 Å². The molecule has 2 aliphatic rings. The average Bonchev–Trinajstić information content (AvgIpc) is 3.58. The van der Waals surface area contributed by atoms with Gasteiger partial charge in [0.05, 0.1) is 11.4 Å². The van der Waals surface area contributed by atoms with Crippen LogP contribution in [0, 0.1) is 0 Å². The fourth-order valence-electron chi connectivity index (χ4n) is 6.05. The van der Waals surface area contributed by atoms with Crippen LogP contribution in [-0.4, -0.2) is 108 Å². The summed E-state index contributed by atoms with van der Waals surface area (Å²) in [5.41, 5.74) is 13.6. The van der Waals surface area contributed by atoms with E-state index in [9.17, 15) is 18.6 Å². The number of hydrogen-bond donors (Lipinski definition) is 5. The number of nitrogens with two attached hydrogens (primary N) is 2. The Morgan fingerprint density at radius 3 is 2.56 bits per heavy atom. The molecule has 15 heteroatoms. The fraction of sp³-hybridized carbons (Fsp3) is 0.464. The van der Waals surface area contributed by atoms with Crippen LogP contribution < -0.4 is 21.1 Å². The number of nitrogens with one attached hydrogen (secondary N) is 1. The van der Waals surface area contributed by atoms with E-state index in [0.29, 0.717) is 36.1 Å². The molecule has 7 N–H and O–H groups in total. The first-order chi connectivity index (χ1) is 20.5. The minimum Gasteiger partial charge on any atom is -0.387 e. The summed E-state index contributed by atoms with van der Waals surface area (Å²) in [6, 6.07) is 11.0. The summed E-state index contributed by atoms with van der Waals surface area (Å²) in [6.45, 7) is 3.46. The molecule has 14 nitrogen and oxygen atoms in total. The highest BCUT2D eigenvalue weighted by atomic mass is 32.2. The second kappa shape index (κ2) is 11.2. The predicted molar refractivity (Wildman–Crippen MR) is 162 cm³/mol. The smallest absolute Gasteiger partial charge is 0.241 e. The van der Waals surface area contributed by atoms with Gasteiger partial charge in [0.1, 0.15) is 44.3 Å². The summed E-state index contributed by atoms with van der Waals surface area (Å²) < 4.78 is 37.5. The second-order valence-corrected chi connectivity index (χ2v) is 13.4. The molecule has 0 saturated carbocycles. The molecule has 43 heavy (non-hydrogen) atoms. The molecule has 2 aromatic heterocycles. The Morgan fingerprint density at radius 2 is 1.81 bits per heavy atom. The van der Waals surface area contributed by atoms with Crippen molar-refractivity contribution in [2.24, 2.45) is 0 Å². The standard InChI is InChI=1S/C28H38N9O5S/c1-35(2)19-9-5-8-18-17(19)7-6-10-21(18)43(40,41)33-11-3-4-12-37(13-14-37)15-20-23(38)24(39)27(42-20)36-26-22(34-28(36)30)25(29)31-16-32-26/h5-10,16,20,23-24,27,33,38-39H,3-4,11-15H2,1-2H3,(H2,30,34)(H2,29,31,32)/q+1/t20-,23-,24-,27-/m1/s1. The van der Waals surface area contributed by atoms with Gasteiger partial charge >= 0.3 is 0 Å². The summed E-state index contributed by atoms with van der Waals surface area (Å²) in [4.78, 5) is 14.6. The Balaban J connectivity index is 1.05. The summed E-state index contributed by atoms with van der Waals surface area (Å²) in [6.07, 6.45) is -1.25. The van der Waals surface area contributed by atoms with Crippen LogP contribution in [0.15, 0.2) is 47.6 Å². The number of nitrogens with zero attached hydrogens (tertiary/aromatic N) is 6. The van der Waals surface area contributed by atoms with Crippen molar-refractivity contribution in [2.45, 2.75) is 42.3 Å². The number of benzene rings is 2. The molecule has 4 atom stereocenters. The first-order valence-corrected chi connectivity index (χ1v) is 15.8. The van der Waals surface area contributed by atoms with Crippen LogP contribution in [0.2, 0.25) is 0 Å². The lowest BCUT2D eigenvalue weighted by atomic mass is 10.1. The van der Waals surface area contributed by atoms with Gasteiger partial charge in [-0.3, -0.25) is 4.57 Å². The number of aliphatic hydroxyl groups is 2. The van der Waals surface area contributed by atoms with Crippen molar-refractivity contribution in [3.05, 3.63) is 42.7 Å². The van der Waals surface area contributed by atoms with Crippen molar-refractivity contribution in [3.63, 3.8) is 0 Å². The molecule has 0 amide bonds. The molecule has 4 heterocycles. The lowest BCUT2D eigenvalue weighted by molar-refractivity contribution is -0.804. The number of aromatic nitrogens is 4. The normalized spacial score (nSPS) is 23.3. The maximum atomic E-state index is 13.2. The Kier molecular flexibility index (Phi) is 7.64. The number of nitrogen functional groups attached to an aromatic ring is 2. The van der Waals surface area contributed by atoms with E-state index >= 15 is 0 Å². The third-order valence-corrected chi connectivity index (χ3v) is 10.0. The van der Waals surface area contributed by atoms with E-state index in [2.05, 4.69) is 19.7 Å². The number of rotatable bonds is 11. The molecular weight excluding hydrogens is 574 g/mol. The zero-order valence-corrected chi connectivity index (χ0v) is 25.0. The van der Waals surface area contributed by atoms with Gasteiger partial charge in [-0.25, -0.2) is 28.1 Å². The largest absolute Gasteiger partial charge is 0.387 e. The van der Waals surface area contributed by atoms with Crippen LogP contribution in [0.1, 0.15) is 19.1 Å². The average molecular weight is 613 g/mol. The molecule has 0 unspecified atom stereocenters. The maximum absolute atomic E-state index is 13.2. The highest BCUT2D eigenvalue weighted by Crippen LogP contribution is 2.37. The molecule has 0 bridgehead atoms. The number of fused-ring (bicyclic) bond motifs is 2. The second-order valence-electron chi connectivity index (χ2n) is 11.6. The van der Waals surface area contributed by atoms with Gasteiger partial charge in [0.25, 0.3) is 0 Å². The summed E-state index contributed by atoms with van der Waals surface area (Å²) in [7, 11) is 0.166. The van der Waals surface area contributed by atoms with Crippen LogP contribution >= 0.6 is 0 Å². The van der Waals surface area contributed by atoms with Gasteiger partial charge in [0.2, 0.25) is 16.0 Å². The SMILES string of the molecule is CN(C)c1cccc2c(S(=O)(=O)NCCCC[N+]3(C[C@H]4O[C@@H](n5c(N)nc6c(N)ncnc65)[C@H](O)[C@@H]4O)CC3)cccc12. The Bertz CT molecular complexity index is 1760. The highest BCUT2D eigenvalue weighted by Gasteiger charge is 2.52. The number of ether oxygens (including phenoxy) is 1. The maximum Gasteiger partial charge on any atom is 0.241 e. The van der Waals surface area contributed by atoms with Crippen molar-refractivity contribution in [1.82, 2.24) is 24.2 Å². The first-order valence-electron chi connectivity index (χ1n) is 14.3. The number of aliphatic hydroxyl groups excluding tert-OH is 2. The van der Waals surface area contributed by atoms with E-state index in [1.807, 2.05) is 43.3 Å². The number of unbranched alkanes of at least 4 members (excludes halogenated alkanes) is 1. The Hall–Kier alpha value is -3.60. The monoisotopic (exact) mass is 612 g/mol. The van der Waals surface area contributed by atoms with Crippen LogP contribution in [-0.2, 0) is 14.8 Å². The molecule has 2 fully saturated rings. The number of anilines is 3. The van der Waals surface area contributed by atoms with E-state index in [1.54, 1.807) is 12.1 Å².